The van der Waals surface area contributed by atoms with Crippen molar-refractivity contribution in [3.8, 4) is 34.2 Å². The van der Waals surface area contributed by atoms with Gasteiger partial charge in [-0.2, -0.15) is 5.10 Å². The smallest absolute Gasteiger partial charge is 0.410 e. The lowest BCUT2D eigenvalue weighted by Crippen LogP contribution is -2.25. The van der Waals surface area contributed by atoms with E-state index in [1.807, 2.05) is 33.9 Å². The van der Waals surface area contributed by atoms with Crippen molar-refractivity contribution in [3.63, 3.8) is 0 Å². The van der Waals surface area contributed by atoms with Gasteiger partial charge in [0.15, 0.2) is 11.6 Å². The van der Waals surface area contributed by atoms with Crippen molar-refractivity contribution in [3.05, 3.63) is 57.7 Å². The molecule has 0 aliphatic carbocycles. The second kappa shape index (κ2) is 11.3. The van der Waals surface area contributed by atoms with Gasteiger partial charge >= 0.3 is 6.09 Å². The average molecular weight is 567 g/mol. The molecule has 0 saturated heterocycles. The molecule has 0 spiro atoms. The number of aromatic nitrogens is 5. The zero-order chi connectivity index (χ0) is 28.6. The first-order chi connectivity index (χ1) is 19.2. The van der Waals surface area contributed by atoms with Crippen LogP contribution < -0.4 is 4.74 Å². The maximum atomic E-state index is 12.0. The largest absolute Gasteiger partial charge is 0.491 e. The predicted octanol–water partition coefficient (Wildman–Crippen LogP) is 5.18. The van der Waals surface area contributed by atoms with Crippen molar-refractivity contribution in [1.29, 1.82) is 0 Å². The van der Waals surface area contributed by atoms with E-state index in [4.69, 9.17) is 40.7 Å². The lowest BCUT2D eigenvalue weighted by Gasteiger charge is -2.16. The fourth-order valence-electron chi connectivity index (χ4n) is 4.81. The molecule has 1 N–H and O–H groups in total. The van der Waals surface area contributed by atoms with Gasteiger partial charge < -0.3 is 19.1 Å². The van der Waals surface area contributed by atoms with Gasteiger partial charge in [-0.05, 0) is 45.4 Å². The number of nitrogens with zero attached hydrogens (tertiary/aromatic N) is 6. The topological polar surface area (TPSA) is 129 Å². The zero-order valence-corrected chi connectivity index (χ0v) is 23.8. The maximum Gasteiger partial charge on any atom is 0.410 e. The summed E-state index contributed by atoms with van der Waals surface area (Å²) in [4.78, 5) is 23.4. The zero-order valence-electron chi connectivity index (χ0n) is 23.1. The van der Waals surface area contributed by atoms with E-state index in [0.717, 1.165) is 28.8 Å². The molecule has 1 aliphatic rings. The Morgan fingerprint density at radius 1 is 1.23 bits per heavy atom. The minimum atomic E-state index is -0.561. The first-order valence-electron chi connectivity index (χ1n) is 13.0. The van der Waals surface area contributed by atoms with E-state index in [1.165, 1.54) is 7.11 Å². The highest BCUT2D eigenvalue weighted by molar-refractivity contribution is 6.33. The molecule has 1 aliphatic heterocycles. The molecule has 5 rings (SSSR count). The summed E-state index contributed by atoms with van der Waals surface area (Å²) in [6.45, 7) is 8.53. The number of rotatable bonds is 8. The van der Waals surface area contributed by atoms with Crippen molar-refractivity contribution in [1.82, 2.24) is 29.8 Å². The fraction of sp³-hybridized carbons (Fsp3) is 0.393. The van der Waals surface area contributed by atoms with Crippen LogP contribution in [0.15, 0.2) is 28.9 Å². The maximum absolute atomic E-state index is 12.0. The first kappa shape index (κ1) is 27.6. The van der Waals surface area contributed by atoms with Crippen LogP contribution in [0.3, 0.4) is 0 Å². The van der Waals surface area contributed by atoms with Gasteiger partial charge in [0.2, 0.25) is 0 Å². The molecular weight excluding hydrogens is 536 g/mol. The Labute approximate surface area is 236 Å². The monoisotopic (exact) mass is 566 g/mol. The van der Waals surface area contributed by atoms with Crippen LogP contribution in [0.2, 0.25) is 5.02 Å². The molecular formula is C28H31ClN6O5. The number of carbonyl (C=O) groups excluding carboxylic acids is 1. The molecule has 0 radical (unpaired) electrons. The van der Waals surface area contributed by atoms with Crippen LogP contribution in [0.25, 0.3) is 28.5 Å². The molecule has 4 aromatic rings. The number of benzene rings is 1. The molecule has 0 unspecified atom stereocenters. The summed E-state index contributed by atoms with van der Waals surface area (Å²) in [5.74, 6) is 2.09. The molecule has 0 saturated carbocycles. The van der Waals surface area contributed by atoms with Gasteiger partial charge in [0.25, 0.3) is 0 Å². The number of aliphatic hydroxyl groups is 1. The summed E-state index contributed by atoms with van der Waals surface area (Å²) in [7, 11) is 1.36. The van der Waals surface area contributed by atoms with Crippen molar-refractivity contribution in [2.45, 2.75) is 59.7 Å². The Morgan fingerprint density at radius 3 is 2.70 bits per heavy atom. The quantitative estimate of drug-likeness (QED) is 0.306. The van der Waals surface area contributed by atoms with E-state index in [-0.39, 0.29) is 6.61 Å². The summed E-state index contributed by atoms with van der Waals surface area (Å²) in [5, 5.41) is 19.4. The summed E-state index contributed by atoms with van der Waals surface area (Å²) >= 11 is 6.65. The third kappa shape index (κ3) is 5.26. The third-order valence-electron chi connectivity index (χ3n) is 6.86. The minimum absolute atomic E-state index is 0.167. The van der Waals surface area contributed by atoms with Crippen molar-refractivity contribution in [2.24, 2.45) is 0 Å². The van der Waals surface area contributed by atoms with Crippen LogP contribution in [0, 0.1) is 20.8 Å². The van der Waals surface area contributed by atoms with E-state index in [1.54, 1.807) is 27.8 Å². The number of halogens is 1. The van der Waals surface area contributed by atoms with E-state index in [9.17, 15) is 9.90 Å². The van der Waals surface area contributed by atoms with E-state index in [2.05, 4.69) is 5.16 Å². The summed E-state index contributed by atoms with van der Waals surface area (Å²) in [6, 6.07) is 5.24. The van der Waals surface area contributed by atoms with Gasteiger partial charge in [0.05, 0.1) is 54.0 Å². The molecule has 1 atom stereocenters. The number of ether oxygens (including phenoxy) is 2. The fourth-order valence-corrected chi connectivity index (χ4v) is 5.01. The average Bonchev–Trinajstić information content (AvgIpc) is 3.61. The van der Waals surface area contributed by atoms with Gasteiger partial charge in [0.1, 0.15) is 18.1 Å². The van der Waals surface area contributed by atoms with Gasteiger partial charge in [-0.15, -0.1) is 0 Å². The molecule has 3 aromatic heterocycles. The van der Waals surface area contributed by atoms with Crippen molar-refractivity contribution < 1.29 is 23.9 Å². The Balaban J connectivity index is 1.60. The number of hydrogen-bond donors (Lipinski definition) is 1. The van der Waals surface area contributed by atoms with Gasteiger partial charge in [-0.3, -0.25) is 4.90 Å². The summed E-state index contributed by atoms with van der Waals surface area (Å²) in [6.07, 6.45) is 2.42. The second-order valence-corrected chi connectivity index (χ2v) is 10.2. The van der Waals surface area contributed by atoms with Gasteiger partial charge in [-0.1, -0.05) is 30.1 Å². The van der Waals surface area contributed by atoms with Crippen molar-refractivity contribution in [2.75, 3.05) is 13.7 Å². The highest BCUT2D eigenvalue weighted by atomic mass is 35.5. The van der Waals surface area contributed by atoms with E-state index < -0.39 is 12.2 Å². The summed E-state index contributed by atoms with van der Waals surface area (Å²) < 4.78 is 17.9. The summed E-state index contributed by atoms with van der Waals surface area (Å²) in [5.41, 5.74) is 5.12. The standard InChI is InChI=1S/C28H31ClN6O5/c1-6-7-19(36)14-39-20-8-9-22(29)21(10-20)26-30-25(24-16(3)33-40-17(24)4)15(2)27(31-26)35-12-18-11-34(28(37)38-5)13-23(18)32-35/h8-10,12,19,36H,6-7,11,13-14H2,1-5H3/t19-/m1/s1. The lowest BCUT2D eigenvalue weighted by molar-refractivity contribution is 0.0994. The van der Waals surface area contributed by atoms with Crippen LogP contribution in [-0.2, 0) is 17.8 Å². The molecule has 4 heterocycles. The molecule has 210 valence electrons. The van der Waals surface area contributed by atoms with Crippen molar-refractivity contribution >= 4 is 17.7 Å². The normalized spacial score (nSPS) is 13.4. The Hall–Kier alpha value is -3.96. The predicted molar refractivity (Wildman–Crippen MR) is 147 cm³/mol. The highest BCUT2D eigenvalue weighted by Gasteiger charge is 2.29. The lowest BCUT2D eigenvalue weighted by atomic mass is 10.0. The van der Waals surface area contributed by atoms with Gasteiger partial charge in [-0.25, -0.2) is 19.4 Å². The number of amides is 1. The van der Waals surface area contributed by atoms with E-state index in [0.29, 0.717) is 64.6 Å². The van der Waals surface area contributed by atoms with E-state index >= 15 is 0 Å². The number of aliphatic hydroxyl groups excluding tert-OH is 1. The second-order valence-electron chi connectivity index (χ2n) is 9.81. The number of fused-ring (bicyclic) bond motifs is 1. The Kier molecular flexibility index (Phi) is 7.77. The molecule has 12 heteroatoms. The highest BCUT2D eigenvalue weighted by Crippen LogP contribution is 2.36. The first-order valence-corrected chi connectivity index (χ1v) is 13.4. The van der Waals surface area contributed by atoms with Gasteiger partial charge in [0, 0.05) is 22.9 Å². The molecule has 1 aromatic carbocycles. The molecule has 0 bridgehead atoms. The molecule has 0 fully saturated rings. The molecule has 1 amide bonds. The third-order valence-corrected chi connectivity index (χ3v) is 7.19. The number of carbonyl (C=O) groups is 1. The minimum Gasteiger partial charge on any atom is -0.491 e. The Bertz CT molecular complexity index is 1520. The number of hydrogen-bond acceptors (Lipinski definition) is 9. The number of aryl methyl sites for hydroxylation is 2. The molecule has 40 heavy (non-hydrogen) atoms. The van der Waals surface area contributed by atoms with Crippen LogP contribution in [0.5, 0.6) is 5.75 Å². The SMILES string of the molecule is CCC[C@@H](O)COc1ccc(Cl)c(-c2nc(-c3c(C)noc3C)c(C)c(-n3cc4c(n3)CN(C(=O)OC)C4)n2)c1. The molecule has 11 nitrogen and oxygen atoms in total. The van der Waals surface area contributed by atoms with Crippen LogP contribution in [-0.4, -0.2) is 60.8 Å². The van der Waals surface area contributed by atoms with Crippen LogP contribution >= 0.6 is 11.6 Å². The number of methoxy groups -OCH3 is 1. The Morgan fingerprint density at radius 2 is 2.02 bits per heavy atom. The van der Waals surface area contributed by atoms with Crippen LogP contribution in [0.1, 0.15) is 48.0 Å². The van der Waals surface area contributed by atoms with Crippen LogP contribution in [0.4, 0.5) is 4.79 Å².